The van der Waals surface area contributed by atoms with Gasteiger partial charge in [0.15, 0.2) is 0 Å². The number of hydrogen-bond acceptors (Lipinski definition) is 3. The van der Waals surface area contributed by atoms with Gasteiger partial charge in [-0.1, -0.05) is 87.9 Å². The van der Waals surface area contributed by atoms with Crippen molar-refractivity contribution in [2.75, 3.05) is 0 Å². The van der Waals surface area contributed by atoms with Crippen LogP contribution in [0.15, 0.2) is 83.7 Å². The zero-order valence-electron chi connectivity index (χ0n) is 25.1. The van der Waals surface area contributed by atoms with Crippen LogP contribution >= 0.6 is 0 Å². The number of pyridine rings is 1. The predicted octanol–water partition coefficient (Wildman–Crippen LogP) is 8.43. The summed E-state index contributed by atoms with van der Waals surface area (Å²) < 4.78 is 1.77. The summed E-state index contributed by atoms with van der Waals surface area (Å²) >= 11 is 0. The third-order valence-electron chi connectivity index (χ3n) is 11.3. The summed E-state index contributed by atoms with van der Waals surface area (Å²) in [7, 11) is 0. The largest absolute Gasteiger partial charge is 0.481 e. The average molecular weight is 577 g/mol. The van der Waals surface area contributed by atoms with E-state index in [0.29, 0.717) is 5.65 Å². The molecule has 2 aliphatic carbocycles. The Hall–Kier alpha value is -4.77. The Labute approximate surface area is 254 Å². The predicted molar refractivity (Wildman–Crippen MR) is 177 cm³/mol. The number of rotatable bonds is 6. The van der Waals surface area contributed by atoms with Crippen LogP contribution in [0.1, 0.15) is 80.2 Å². The second-order valence-corrected chi connectivity index (χ2v) is 13.2. The molecule has 44 heavy (non-hydrogen) atoms. The maximum Gasteiger partial charge on any atom is 0.304 e. The number of carbonyl (C=O) groups is 1. The van der Waals surface area contributed by atoms with Gasteiger partial charge in [0.1, 0.15) is 5.65 Å². The molecule has 5 heteroatoms. The van der Waals surface area contributed by atoms with E-state index in [-0.39, 0.29) is 23.3 Å². The molecule has 0 fully saturated rings. The second-order valence-electron chi connectivity index (χ2n) is 13.2. The molecule has 2 aromatic heterocycles. The number of carboxylic acid groups (broad SMARTS) is 1. The second kappa shape index (κ2) is 8.44. The van der Waals surface area contributed by atoms with Gasteiger partial charge < -0.3 is 5.11 Å². The summed E-state index contributed by atoms with van der Waals surface area (Å²) in [4.78, 5) is 31.2. The maximum atomic E-state index is 14.1. The smallest absolute Gasteiger partial charge is 0.304 e. The van der Waals surface area contributed by atoms with E-state index in [9.17, 15) is 14.7 Å². The van der Waals surface area contributed by atoms with Crippen LogP contribution in [0.4, 0.5) is 0 Å². The molecule has 5 nitrogen and oxygen atoms in total. The van der Waals surface area contributed by atoms with Crippen LogP contribution in [0.5, 0.6) is 0 Å². The number of fused-ring (bicyclic) bond motifs is 9. The fourth-order valence-corrected chi connectivity index (χ4v) is 9.49. The normalized spacial score (nSPS) is 19.9. The number of benzene rings is 5. The van der Waals surface area contributed by atoms with Gasteiger partial charge in [0, 0.05) is 32.9 Å². The first-order valence-electron chi connectivity index (χ1n) is 15.7. The molecule has 0 saturated heterocycles. The summed E-state index contributed by atoms with van der Waals surface area (Å²) in [6, 6.07) is 27.6. The van der Waals surface area contributed by atoms with Crippen LogP contribution in [0, 0.1) is 0 Å². The topological polar surface area (TPSA) is 71.7 Å². The highest BCUT2D eigenvalue weighted by molar-refractivity contribution is 6.19. The van der Waals surface area contributed by atoms with E-state index < -0.39 is 11.4 Å². The van der Waals surface area contributed by atoms with Gasteiger partial charge in [0.05, 0.1) is 17.5 Å². The van der Waals surface area contributed by atoms with Gasteiger partial charge >= 0.3 is 5.97 Å². The monoisotopic (exact) mass is 576 g/mol. The van der Waals surface area contributed by atoms with Crippen molar-refractivity contribution in [2.24, 2.45) is 0 Å². The van der Waals surface area contributed by atoms with Gasteiger partial charge in [-0.05, 0) is 75.0 Å². The Balaban J connectivity index is 1.35. The molecular formula is C39H32N2O3. The van der Waals surface area contributed by atoms with Crippen molar-refractivity contribution < 1.29 is 9.90 Å². The molecule has 9 rings (SSSR count). The lowest BCUT2D eigenvalue weighted by Crippen LogP contribution is -2.29. The van der Waals surface area contributed by atoms with Gasteiger partial charge in [-0.2, -0.15) is 0 Å². The van der Waals surface area contributed by atoms with E-state index in [4.69, 9.17) is 4.98 Å². The number of hydrogen-bond donors (Lipinski definition) is 1. The Bertz CT molecular complexity index is 2460. The molecule has 2 aliphatic rings. The lowest BCUT2D eigenvalue weighted by Gasteiger charge is -2.34. The van der Waals surface area contributed by atoms with E-state index in [1.807, 2.05) is 30.3 Å². The molecule has 5 aromatic carbocycles. The Morgan fingerprint density at radius 1 is 0.864 bits per heavy atom. The number of aliphatic carboxylic acids is 1. The molecule has 0 spiro atoms. The molecule has 0 aliphatic heterocycles. The van der Waals surface area contributed by atoms with Crippen LogP contribution in [-0.2, 0) is 15.6 Å². The Morgan fingerprint density at radius 2 is 1.61 bits per heavy atom. The summed E-state index contributed by atoms with van der Waals surface area (Å²) in [6.07, 6.45) is 2.67. The first kappa shape index (κ1) is 25.7. The van der Waals surface area contributed by atoms with Gasteiger partial charge in [-0.15, -0.1) is 0 Å². The van der Waals surface area contributed by atoms with Crippen LogP contribution in [0.25, 0.3) is 49.0 Å². The first-order chi connectivity index (χ1) is 21.3. The van der Waals surface area contributed by atoms with Crippen molar-refractivity contribution in [3.8, 4) is 0 Å². The fourth-order valence-electron chi connectivity index (χ4n) is 9.49. The zero-order chi connectivity index (χ0) is 30.1. The Kier molecular flexibility index (Phi) is 4.93. The van der Waals surface area contributed by atoms with Crippen molar-refractivity contribution in [2.45, 2.75) is 63.2 Å². The molecule has 0 radical (unpaired) electrons. The highest BCUT2D eigenvalue weighted by Crippen LogP contribution is 2.64. The molecule has 0 bridgehead atoms. The molecule has 216 valence electrons. The van der Waals surface area contributed by atoms with Crippen LogP contribution in [-0.4, -0.2) is 20.5 Å². The standard InChI is InChI=1S/C39H32N2O3/c1-4-19-39(5-2,20-31(42)43)26-17-18-27-32-21(26)9-8-10-22(32)35-23-13-14-24-33-25(15-16-28(34(23)33)38(27,35)3)37(44)41-30-12-7-6-11-29(30)40-36(24)41/h6-18,35H,4-5,19-20H2,1-3H3,(H,42,43). The van der Waals surface area contributed by atoms with Gasteiger partial charge in [-0.3, -0.25) is 14.0 Å². The van der Waals surface area contributed by atoms with Crippen LogP contribution in [0.2, 0.25) is 0 Å². The maximum absolute atomic E-state index is 14.1. The number of para-hydroxylation sites is 2. The number of carboxylic acids is 1. The van der Waals surface area contributed by atoms with Crippen molar-refractivity contribution in [1.29, 1.82) is 0 Å². The lowest BCUT2D eigenvalue weighted by molar-refractivity contribution is -0.138. The molecule has 0 saturated carbocycles. The third kappa shape index (κ3) is 2.84. The molecule has 3 atom stereocenters. The highest BCUT2D eigenvalue weighted by atomic mass is 16.4. The summed E-state index contributed by atoms with van der Waals surface area (Å²) in [5, 5.41) is 16.4. The number of nitrogens with zero attached hydrogens (tertiary/aromatic N) is 2. The molecule has 0 amide bonds. The Morgan fingerprint density at radius 3 is 2.41 bits per heavy atom. The minimum absolute atomic E-state index is 0.0236. The molecule has 1 N–H and O–H groups in total. The van der Waals surface area contributed by atoms with Crippen molar-refractivity contribution in [1.82, 2.24) is 9.38 Å². The van der Waals surface area contributed by atoms with Gasteiger partial charge in [0.2, 0.25) is 0 Å². The third-order valence-corrected chi connectivity index (χ3v) is 11.3. The molecular weight excluding hydrogens is 544 g/mol. The highest BCUT2D eigenvalue weighted by Gasteiger charge is 2.52. The van der Waals surface area contributed by atoms with Crippen LogP contribution < -0.4 is 5.56 Å². The first-order valence-corrected chi connectivity index (χ1v) is 15.7. The van der Waals surface area contributed by atoms with Crippen molar-refractivity contribution in [3.63, 3.8) is 0 Å². The van der Waals surface area contributed by atoms with Crippen molar-refractivity contribution in [3.05, 3.63) is 117 Å². The fraction of sp³-hybridized carbons (Fsp3) is 0.256. The number of imidazole rings is 1. The molecule has 2 heterocycles. The molecule has 7 aromatic rings. The van der Waals surface area contributed by atoms with Crippen LogP contribution in [0.3, 0.4) is 0 Å². The summed E-state index contributed by atoms with van der Waals surface area (Å²) in [5.74, 6) is -0.641. The molecule has 3 unspecified atom stereocenters. The van der Waals surface area contributed by atoms with E-state index in [1.54, 1.807) is 4.40 Å². The quantitative estimate of drug-likeness (QED) is 0.216. The minimum atomic E-state index is -0.746. The summed E-state index contributed by atoms with van der Waals surface area (Å²) in [5.41, 5.74) is 7.87. The zero-order valence-corrected chi connectivity index (χ0v) is 25.1. The van der Waals surface area contributed by atoms with Crippen molar-refractivity contribution >= 4 is 55.0 Å². The minimum Gasteiger partial charge on any atom is -0.481 e. The summed E-state index contributed by atoms with van der Waals surface area (Å²) in [6.45, 7) is 6.63. The lowest BCUT2D eigenvalue weighted by atomic mass is 9.69. The van der Waals surface area contributed by atoms with E-state index in [1.165, 1.54) is 38.4 Å². The van der Waals surface area contributed by atoms with E-state index in [2.05, 4.69) is 69.3 Å². The van der Waals surface area contributed by atoms with E-state index in [0.717, 1.165) is 52.0 Å². The number of aromatic nitrogens is 2. The SMILES string of the molecule is CCCC(CC)(CC(=O)O)c1ccc2c3c(cccc13)C1c3ccc4c5c3c(ccc5c(=O)n3c5ccccc5nc43)C21C. The van der Waals surface area contributed by atoms with Gasteiger partial charge in [0.25, 0.3) is 5.56 Å². The average Bonchev–Trinajstić information content (AvgIpc) is 3.63. The van der Waals surface area contributed by atoms with E-state index >= 15 is 0 Å². The van der Waals surface area contributed by atoms with Gasteiger partial charge in [-0.25, -0.2) is 4.98 Å².